The van der Waals surface area contributed by atoms with Crippen LogP contribution in [-0.2, 0) is 37.5 Å². The molecule has 0 amide bonds. The molecule has 0 radical (unpaired) electrons. The first-order valence-electron chi connectivity index (χ1n) is 17.7. The first-order chi connectivity index (χ1) is 26.0. The number of aliphatic hydroxyl groups excluding tert-OH is 1. The zero-order chi connectivity index (χ0) is 38.4. The topological polar surface area (TPSA) is 148 Å². The van der Waals surface area contributed by atoms with Crippen molar-refractivity contribution < 1.29 is 24.5 Å². The van der Waals surface area contributed by atoms with Crippen LogP contribution in [0.25, 0.3) is 22.3 Å². The third-order valence-electron chi connectivity index (χ3n) is 10.1. The standard InChI is InChI=1S/C44H41ClN4O5/c1-27-34(6-4-8-38(27)39-9-5-7-37(28(39)2)33-11-10-32-12-13-48-22-35(32)17-33)25-54-42-19-41(53-24-31-15-29(20-46)14-30(16-31)21-47)36(18-40(42)45)23-49-44(3,26-50)43(51)52/h4-11,14-19,48-50H,12-13,22-26H2,1-3H3,(H,51,52)/t44-/m0/s1. The number of aliphatic hydroxyl groups is 1. The number of halogens is 1. The quantitative estimate of drug-likeness (QED) is 0.0951. The maximum atomic E-state index is 11.9. The summed E-state index contributed by atoms with van der Waals surface area (Å²) < 4.78 is 12.5. The Bertz CT molecular complexity index is 2280. The molecule has 1 heterocycles. The van der Waals surface area contributed by atoms with Gasteiger partial charge in [-0.3, -0.25) is 10.1 Å². The zero-order valence-corrected chi connectivity index (χ0v) is 31.2. The fourth-order valence-corrected chi connectivity index (χ4v) is 6.93. The number of carboxylic acid groups (broad SMARTS) is 1. The molecule has 10 heteroatoms. The predicted octanol–water partition coefficient (Wildman–Crippen LogP) is 7.76. The number of fused-ring (bicyclic) bond motifs is 1. The third kappa shape index (κ3) is 8.26. The fraction of sp³-hybridized carbons (Fsp3) is 0.250. The summed E-state index contributed by atoms with van der Waals surface area (Å²) in [5.41, 5.74) is 10.8. The molecule has 0 aliphatic carbocycles. The monoisotopic (exact) mass is 740 g/mol. The summed E-state index contributed by atoms with van der Waals surface area (Å²) in [5, 5.41) is 45.0. The van der Waals surface area contributed by atoms with E-state index in [4.69, 9.17) is 21.1 Å². The van der Waals surface area contributed by atoms with Crippen molar-refractivity contribution in [3.63, 3.8) is 0 Å². The number of carbonyl (C=O) groups is 1. The number of hydrogen-bond acceptors (Lipinski definition) is 8. The summed E-state index contributed by atoms with van der Waals surface area (Å²) in [5.74, 6) is -0.511. The Balaban J connectivity index is 1.27. The molecule has 0 aromatic heterocycles. The lowest BCUT2D eigenvalue weighted by Gasteiger charge is -2.25. The highest BCUT2D eigenvalue weighted by atomic mass is 35.5. The van der Waals surface area contributed by atoms with Crippen LogP contribution >= 0.6 is 11.6 Å². The number of nitrogens with zero attached hydrogens (tertiary/aromatic N) is 2. The second-order valence-electron chi connectivity index (χ2n) is 13.7. The van der Waals surface area contributed by atoms with E-state index in [1.807, 2.05) is 12.1 Å². The average Bonchev–Trinajstić information content (AvgIpc) is 3.19. The largest absolute Gasteiger partial charge is 0.488 e. The van der Waals surface area contributed by atoms with Crippen LogP contribution in [0.3, 0.4) is 0 Å². The number of ether oxygens (including phenoxy) is 2. The smallest absolute Gasteiger partial charge is 0.326 e. The molecule has 5 aromatic carbocycles. The van der Waals surface area contributed by atoms with Gasteiger partial charge in [0.15, 0.2) is 0 Å². The number of aliphatic carboxylic acids is 1. The van der Waals surface area contributed by atoms with Gasteiger partial charge in [-0.25, -0.2) is 0 Å². The Morgan fingerprint density at radius 3 is 2.24 bits per heavy atom. The van der Waals surface area contributed by atoms with Gasteiger partial charge in [-0.05, 0) is 120 Å². The van der Waals surface area contributed by atoms with E-state index in [-0.39, 0.29) is 24.8 Å². The molecule has 0 bridgehead atoms. The van der Waals surface area contributed by atoms with Crippen molar-refractivity contribution in [1.29, 1.82) is 10.5 Å². The normalized spacial score (nSPS) is 13.2. The second kappa shape index (κ2) is 16.6. The summed E-state index contributed by atoms with van der Waals surface area (Å²) in [4.78, 5) is 11.9. The molecule has 9 nitrogen and oxygen atoms in total. The molecule has 1 atom stereocenters. The SMILES string of the molecule is Cc1c(COc2cc(OCc3cc(C#N)cc(C#N)c3)c(CN[C@@](C)(CO)C(=O)O)cc2Cl)cccc1-c1cccc(-c2ccc3c(c2)CNCC3)c1C. The minimum Gasteiger partial charge on any atom is -0.488 e. The summed E-state index contributed by atoms with van der Waals surface area (Å²) >= 11 is 6.77. The minimum absolute atomic E-state index is 0.00227. The van der Waals surface area contributed by atoms with Gasteiger partial charge in [0, 0.05) is 24.7 Å². The molecule has 6 rings (SSSR count). The maximum absolute atomic E-state index is 11.9. The van der Waals surface area contributed by atoms with Crippen molar-refractivity contribution >= 4 is 17.6 Å². The Morgan fingerprint density at radius 1 is 0.852 bits per heavy atom. The van der Waals surface area contributed by atoms with Crippen LogP contribution in [0, 0.1) is 36.5 Å². The highest BCUT2D eigenvalue weighted by Crippen LogP contribution is 2.37. The Morgan fingerprint density at radius 2 is 1.54 bits per heavy atom. The van der Waals surface area contributed by atoms with Gasteiger partial charge in [0.25, 0.3) is 0 Å². The Labute approximate surface area is 320 Å². The highest BCUT2D eigenvalue weighted by Gasteiger charge is 2.32. The van der Waals surface area contributed by atoms with Gasteiger partial charge in [0.05, 0.1) is 34.9 Å². The molecule has 5 aromatic rings. The second-order valence-corrected chi connectivity index (χ2v) is 14.1. The molecular weight excluding hydrogens is 700 g/mol. The van der Waals surface area contributed by atoms with Crippen LogP contribution in [0.5, 0.6) is 11.5 Å². The predicted molar refractivity (Wildman–Crippen MR) is 208 cm³/mol. The van der Waals surface area contributed by atoms with E-state index in [0.29, 0.717) is 33.8 Å². The van der Waals surface area contributed by atoms with Crippen LogP contribution in [0.4, 0.5) is 0 Å². The van der Waals surface area contributed by atoms with E-state index in [1.54, 1.807) is 24.3 Å². The summed E-state index contributed by atoms with van der Waals surface area (Å²) in [6.45, 7) is 7.11. The van der Waals surface area contributed by atoms with Crippen LogP contribution < -0.4 is 20.1 Å². The van der Waals surface area contributed by atoms with E-state index in [9.17, 15) is 25.5 Å². The Hall–Kier alpha value is -5.68. The molecule has 0 saturated heterocycles. The molecule has 0 spiro atoms. The van der Waals surface area contributed by atoms with Crippen LogP contribution in [0.2, 0.25) is 5.02 Å². The van der Waals surface area contributed by atoms with Crippen molar-refractivity contribution in [3.8, 4) is 45.9 Å². The average molecular weight is 741 g/mol. The lowest BCUT2D eigenvalue weighted by molar-refractivity contribution is -0.145. The van der Waals surface area contributed by atoms with Gasteiger partial charge in [0.2, 0.25) is 0 Å². The maximum Gasteiger partial charge on any atom is 0.326 e. The minimum atomic E-state index is -1.61. The number of nitriles is 2. The van der Waals surface area contributed by atoms with Crippen LogP contribution in [0.1, 0.15) is 57.0 Å². The Kier molecular flexibility index (Phi) is 11.7. The van der Waals surface area contributed by atoms with Crippen molar-refractivity contribution in [2.24, 2.45) is 0 Å². The highest BCUT2D eigenvalue weighted by molar-refractivity contribution is 6.32. The number of hydrogen-bond donors (Lipinski definition) is 4. The molecule has 0 saturated carbocycles. The number of carboxylic acids is 1. The van der Waals surface area contributed by atoms with Gasteiger partial charge < -0.3 is 25.0 Å². The van der Waals surface area contributed by atoms with Crippen molar-refractivity contribution in [1.82, 2.24) is 10.6 Å². The summed E-state index contributed by atoms with van der Waals surface area (Å²) in [6.07, 6.45) is 1.04. The van der Waals surface area contributed by atoms with Crippen LogP contribution in [-0.4, -0.2) is 34.9 Å². The first kappa shape index (κ1) is 38.1. The van der Waals surface area contributed by atoms with E-state index in [1.165, 1.54) is 40.8 Å². The van der Waals surface area contributed by atoms with Crippen molar-refractivity contribution in [2.75, 3.05) is 13.2 Å². The number of rotatable bonds is 13. The van der Waals surface area contributed by atoms with Gasteiger partial charge in [-0.15, -0.1) is 0 Å². The van der Waals surface area contributed by atoms with Gasteiger partial charge >= 0.3 is 5.97 Å². The zero-order valence-electron chi connectivity index (χ0n) is 30.4. The molecule has 54 heavy (non-hydrogen) atoms. The third-order valence-corrected chi connectivity index (χ3v) is 10.4. The fourth-order valence-electron chi connectivity index (χ4n) is 6.69. The molecule has 274 valence electrons. The lowest BCUT2D eigenvalue weighted by Crippen LogP contribution is -2.52. The summed E-state index contributed by atoms with van der Waals surface area (Å²) in [6, 6.07) is 31.6. The van der Waals surface area contributed by atoms with Crippen molar-refractivity contribution in [2.45, 2.75) is 59.0 Å². The summed E-state index contributed by atoms with van der Waals surface area (Å²) in [7, 11) is 0. The molecule has 0 fully saturated rings. The van der Waals surface area contributed by atoms with Gasteiger partial charge in [-0.2, -0.15) is 10.5 Å². The molecule has 1 aliphatic heterocycles. The van der Waals surface area contributed by atoms with E-state index >= 15 is 0 Å². The molecule has 4 N–H and O–H groups in total. The van der Waals surface area contributed by atoms with E-state index in [0.717, 1.165) is 41.8 Å². The van der Waals surface area contributed by atoms with E-state index < -0.39 is 18.1 Å². The van der Waals surface area contributed by atoms with Crippen LogP contribution in [0.15, 0.2) is 84.9 Å². The molecule has 0 unspecified atom stereocenters. The van der Waals surface area contributed by atoms with Gasteiger partial charge in [0.1, 0.15) is 30.3 Å². The lowest BCUT2D eigenvalue weighted by atomic mass is 9.88. The van der Waals surface area contributed by atoms with Gasteiger partial charge in [-0.1, -0.05) is 60.1 Å². The number of benzene rings is 5. The number of nitrogens with one attached hydrogen (secondary N) is 2. The first-order valence-corrected chi connectivity index (χ1v) is 18.0. The molecule has 1 aliphatic rings. The molecular formula is C44H41ClN4O5. The van der Waals surface area contributed by atoms with E-state index in [2.05, 4.69) is 79.1 Å². The van der Waals surface area contributed by atoms with Crippen molar-refractivity contribution in [3.05, 3.63) is 140 Å².